The molecule has 1 aliphatic rings. The van der Waals surface area contributed by atoms with E-state index in [4.69, 9.17) is 4.74 Å². The zero-order valence-corrected chi connectivity index (χ0v) is 24.7. The summed E-state index contributed by atoms with van der Waals surface area (Å²) in [5.74, 6) is -1.32. The standard InChI is InChI=1S/C31H32FN5O5S/c1-18-15-37(19(2)17-38)30(40)22-7-6-9-24(34-28(39)29-35-23-8-4-5-10-26(23)43-29)27(22)42-25(18)16-36(3)31(41)33-21-13-11-20(32)12-14-21/h4-14,18-19,25,38H,15-17H2,1-3H3,(H,33,41)(H,34,39)/t18-,19-,25-/m1/s1. The van der Waals surface area contributed by atoms with Crippen LogP contribution in [0.15, 0.2) is 66.7 Å². The van der Waals surface area contributed by atoms with E-state index in [0.29, 0.717) is 11.2 Å². The van der Waals surface area contributed by atoms with E-state index >= 15 is 0 Å². The van der Waals surface area contributed by atoms with Crippen LogP contribution in [0.2, 0.25) is 0 Å². The number of fused-ring (bicyclic) bond motifs is 2. The minimum Gasteiger partial charge on any atom is -0.485 e. The topological polar surface area (TPSA) is 124 Å². The molecule has 3 N–H and O–H groups in total. The predicted molar refractivity (Wildman–Crippen MR) is 163 cm³/mol. The molecule has 3 aromatic carbocycles. The summed E-state index contributed by atoms with van der Waals surface area (Å²) < 4.78 is 20.7. The molecule has 3 atom stereocenters. The molecule has 0 unspecified atom stereocenters. The molecular weight excluding hydrogens is 573 g/mol. The molecule has 0 fully saturated rings. The van der Waals surface area contributed by atoms with Gasteiger partial charge < -0.3 is 30.3 Å². The summed E-state index contributed by atoms with van der Waals surface area (Å²) in [4.78, 5) is 47.5. The largest absolute Gasteiger partial charge is 0.485 e. The van der Waals surface area contributed by atoms with Gasteiger partial charge in [-0.05, 0) is 55.5 Å². The van der Waals surface area contributed by atoms with Gasteiger partial charge in [-0.15, -0.1) is 11.3 Å². The molecule has 0 aliphatic carbocycles. The summed E-state index contributed by atoms with van der Waals surface area (Å²) in [7, 11) is 1.61. The third kappa shape index (κ3) is 6.60. The first-order chi connectivity index (χ1) is 20.6. The maximum atomic E-state index is 13.7. The number of thiazole rings is 1. The number of urea groups is 1. The van der Waals surface area contributed by atoms with Crippen molar-refractivity contribution < 1.29 is 28.6 Å². The van der Waals surface area contributed by atoms with Crippen molar-refractivity contribution in [1.29, 1.82) is 0 Å². The second kappa shape index (κ2) is 12.8. The van der Waals surface area contributed by atoms with Gasteiger partial charge in [0, 0.05) is 25.2 Å². The van der Waals surface area contributed by atoms with Gasteiger partial charge in [-0.2, -0.15) is 0 Å². The van der Waals surface area contributed by atoms with Crippen molar-refractivity contribution in [3.63, 3.8) is 0 Å². The third-order valence-corrected chi connectivity index (χ3v) is 8.36. The Morgan fingerprint density at radius 2 is 1.88 bits per heavy atom. The highest BCUT2D eigenvalue weighted by Gasteiger charge is 2.35. The predicted octanol–water partition coefficient (Wildman–Crippen LogP) is 5.07. The van der Waals surface area contributed by atoms with Gasteiger partial charge in [-0.25, -0.2) is 14.2 Å². The maximum absolute atomic E-state index is 13.7. The van der Waals surface area contributed by atoms with Gasteiger partial charge in [0.15, 0.2) is 10.8 Å². The number of para-hydroxylation sites is 2. The Balaban J connectivity index is 1.44. The number of rotatable bonds is 7. The van der Waals surface area contributed by atoms with Crippen molar-refractivity contribution in [1.82, 2.24) is 14.8 Å². The molecule has 43 heavy (non-hydrogen) atoms. The summed E-state index contributed by atoms with van der Waals surface area (Å²) in [6.45, 7) is 3.80. The molecule has 4 amide bonds. The van der Waals surface area contributed by atoms with Crippen LogP contribution in [0.1, 0.15) is 34.0 Å². The SMILES string of the molecule is C[C@@H]1CN([C@H](C)CO)C(=O)c2cccc(NC(=O)c3nc4ccccc4s3)c2O[C@@H]1CN(C)C(=O)Nc1ccc(F)cc1. The smallest absolute Gasteiger partial charge is 0.321 e. The molecule has 0 radical (unpaired) electrons. The number of hydrogen-bond acceptors (Lipinski definition) is 7. The Labute approximate surface area is 252 Å². The molecule has 2 heterocycles. The number of anilines is 2. The van der Waals surface area contributed by atoms with E-state index in [-0.39, 0.29) is 53.5 Å². The Morgan fingerprint density at radius 1 is 1.14 bits per heavy atom. The number of carbonyl (C=O) groups is 3. The number of ether oxygens (including phenoxy) is 1. The lowest BCUT2D eigenvalue weighted by Gasteiger charge is -2.38. The van der Waals surface area contributed by atoms with Gasteiger partial charge in [0.05, 0.1) is 40.7 Å². The first-order valence-electron chi connectivity index (χ1n) is 13.8. The first-order valence-corrected chi connectivity index (χ1v) is 14.6. The van der Waals surface area contributed by atoms with Crippen molar-refractivity contribution >= 4 is 50.8 Å². The number of halogens is 1. The van der Waals surface area contributed by atoms with Crippen LogP contribution in [0.5, 0.6) is 5.75 Å². The number of amides is 4. The first kappa shape index (κ1) is 29.9. The van der Waals surface area contributed by atoms with Gasteiger partial charge >= 0.3 is 6.03 Å². The molecule has 12 heteroatoms. The number of benzene rings is 3. The number of hydrogen-bond donors (Lipinski definition) is 3. The highest BCUT2D eigenvalue weighted by molar-refractivity contribution is 7.20. The fourth-order valence-electron chi connectivity index (χ4n) is 4.81. The second-order valence-corrected chi connectivity index (χ2v) is 11.6. The zero-order chi connectivity index (χ0) is 30.7. The maximum Gasteiger partial charge on any atom is 0.321 e. The number of aromatic nitrogens is 1. The number of aliphatic hydroxyl groups excluding tert-OH is 1. The lowest BCUT2D eigenvalue weighted by molar-refractivity contribution is 0.0372. The monoisotopic (exact) mass is 605 g/mol. The molecule has 224 valence electrons. The number of nitrogens with zero attached hydrogens (tertiary/aromatic N) is 3. The fourth-order valence-corrected chi connectivity index (χ4v) is 5.67. The van der Waals surface area contributed by atoms with E-state index in [2.05, 4.69) is 15.6 Å². The Hall–Kier alpha value is -4.55. The number of carbonyl (C=O) groups excluding carboxylic acids is 3. The Kier molecular flexibility index (Phi) is 8.88. The normalized spacial score (nSPS) is 17.3. The van der Waals surface area contributed by atoms with Crippen LogP contribution in [0.4, 0.5) is 20.6 Å². The molecule has 10 nitrogen and oxygen atoms in total. The number of nitrogens with one attached hydrogen (secondary N) is 2. The molecule has 0 bridgehead atoms. The molecule has 1 aromatic heterocycles. The highest BCUT2D eigenvalue weighted by Crippen LogP contribution is 2.35. The van der Waals surface area contributed by atoms with Crippen molar-refractivity contribution in [2.45, 2.75) is 26.0 Å². The molecule has 4 aromatic rings. The van der Waals surface area contributed by atoms with Gasteiger partial charge in [0.1, 0.15) is 11.9 Å². The van der Waals surface area contributed by atoms with E-state index in [1.165, 1.54) is 40.5 Å². The van der Waals surface area contributed by atoms with Crippen LogP contribution in [0, 0.1) is 11.7 Å². The molecule has 0 saturated carbocycles. The van der Waals surface area contributed by atoms with Crippen molar-refractivity contribution in [2.24, 2.45) is 5.92 Å². The van der Waals surface area contributed by atoms with Gasteiger partial charge in [-0.3, -0.25) is 9.59 Å². The van der Waals surface area contributed by atoms with Crippen LogP contribution in [0.25, 0.3) is 10.2 Å². The molecule has 5 rings (SSSR count). The van der Waals surface area contributed by atoms with E-state index < -0.39 is 29.9 Å². The quantitative estimate of drug-likeness (QED) is 0.270. The molecular formula is C31H32FN5O5S. The van der Waals surface area contributed by atoms with Crippen LogP contribution < -0.4 is 15.4 Å². The summed E-state index contributed by atoms with van der Waals surface area (Å²) in [5, 5.41) is 15.8. The molecule has 0 saturated heterocycles. The fraction of sp³-hybridized carbons (Fsp3) is 0.290. The minimum absolute atomic E-state index is 0.128. The van der Waals surface area contributed by atoms with E-state index in [1.54, 1.807) is 37.1 Å². The van der Waals surface area contributed by atoms with Crippen molar-refractivity contribution in [2.75, 3.05) is 37.4 Å². The third-order valence-electron chi connectivity index (χ3n) is 7.32. The minimum atomic E-state index is -0.607. The van der Waals surface area contributed by atoms with Gasteiger partial charge in [0.2, 0.25) is 0 Å². The molecule has 1 aliphatic heterocycles. The Morgan fingerprint density at radius 3 is 2.60 bits per heavy atom. The molecule has 0 spiro atoms. The van der Waals surface area contributed by atoms with Crippen LogP contribution >= 0.6 is 11.3 Å². The van der Waals surface area contributed by atoms with Gasteiger partial charge in [0.25, 0.3) is 11.8 Å². The Bertz CT molecular complexity index is 1610. The lowest BCUT2D eigenvalue weighted by atomic mass is 9.99. The van der Waals surface area contributed by atoms with Crippen molar-refractivity contribution in [3.8, 4) is 5.75 Å². The second-order valence-electron chi connectivity index (χ2n) is 10.6. The summed E-state index contributed by atoms with van der Waals surface area (Å²) in [6.07, 6.45) is -0.607. The number of aliphatic hydroxyl groups is 1. The lowest BCUT2D eigenvalue weighted by Crippen LogP contribution is -2.50. The summed E-state index contributed by atoms with van der Waals surface area (Å²) in [5.41, 5.74) is 1.64. The van der Waals surface area contributed by atoms with E-state index in [1.807, 2.05) is 31.2 Å². The van der Waals surface area contributed by atoms with Crippen molar-refractivity contribution in [3.05, 3.63) is 83.1 Å². The summed E-state index contributed by atoms with van der Waals surface area (Å²) in [6, 6.07) is 16.9. The van der Waals surface area contributed by atoms with E-state index in [9.17, 15) is 23.9 Å². The summed E-state index contributed by atoms with van der Waals surface area (Å²) >= 11 is 1.25. The number of likely N-dealkylation sites (N-methyl/N-ethyl adjacent to an activating group) is 1. The van der Waals surface area contributed by atoms with Crippen LogP contribution in [0.3, 0.4) is 0 Å². The zero-order valence-electron chi connectivity index (χ0n) is 23.9. The highest BCUT2D eigenvalue weighted by atomic mass is 32.1. The van der Waals surface area contributed by atoms with Gasteiger partial charge in [-0.1, -0.05) is 25.1 Å². The average molecular weight is 606 g/mol. The average Bonchev–Trinajstić information content (AvgIpc) is 3.44. The van der Waals surface area contributed by atoms with Crippen LogP contribution in [-0.2, 0) is 0 Å². The van der Waals surface area contributed by atoms with Crippen LogP contribution in [-0.4, -0.2) is 76.6 Å². The van der Waals surface area contributed by atoms with E-state index in [0.717, 1.165) is 4.70 Å².